The molecule has 0 atom stereocenters. The molecule has 0 saturated carbocycles. The number of amides is 1. The molecular formula is C13H18N2O3. The van der Waals surface area contributed by atoms with E-state index in [0.29, 0.717) is 29.5 Å². The lowest BCUT2D eigenvalue weighted by Crippen LogP contribution is -2.48. The summed E-state index contributed by atoms with van der Waals surface area (Å²) in [5.74, 6) is 1.61. The van der Waals surface area contributed by atoms with Gasteiger partial charge in [0.15, 0.2) is 0 Å². The van der Waals surface area contributed by atoms with Gasteiger partial charge in [0.2, 0.25) is 0 Å². The summed E-state index contributed by atoms with van der Waals surface area (Å²) in [5.41, 5.74) is 0.504. The maximum Gasteiger partial charge on any atom is 0.255 e. The minimum Gasteiger partial charge on any atom is -0.497 e. The quantitative estimate of drug-likeness (QED) is 0.805. The topological polar surface area (TPSA) is 59.6 Å². The highest BCUT2D eigenvalue weighted by Gasteiger charge is 2.19. The molecule has 0 radical (unpaired) electrons. The van der Waals surface area contributed by atoms with Crippen LogP contribution < -0.4 is 20.1 Å². The fraction of sp³-hybridized carbons (Fsp3) is 0.462. The molecule has 98 valence electrons. The van der Waals surface area contributed by atoms with Crippen molar-refractivity contribution in [2.45, 2.75) is 0 Å². The molecule has 1 saturated heterocycles. The molecule has 0 unspecified atom stereocenters. The average Bonchev–Trinajstić information content (AvgIpc) is 2.35. The Bertz CT molecular complexity index is 430. The molecule has 1 aliphatic heterocycles. The predicted octanol–water partition coefficient (Wildman–Crippen LogP) is 0.653. The first-order valence-electron chi connectivity index (χ1n) is 5.95. The first kappa shape index (κ1) is 12.7. The van der Waals surface area contributed by atoms with E-state index in [1.807, 2.05) is 0 Å². The Labute approximate surface area is 106 Å². The van der Waals surface area contributed by atoms with Gasteiger partial charge in [-0.15, -0.1) is 0 Å². The van der Waals surface area contributed by atoms with Gasteiger partial charge < -0.3 is 20.1 Å². The minimum absolute atomic E-state index is 0.127. The van der Waals surface area contributed by atoms with Gasteiger partial charge >= 0.3 is 0 Å². The molecule has 5 nitrogen and oxygen atoms in total. The van der Waals surface area contributed by atoms with E-state index in [1.165, 1.54) is 0 Å². The average molecular weight is 250 g/mol. The normalized spacial score (nSPS) is 14.8. The first-order chi connectivity index (χ1) is 8.74. The highest BCUT2D eigenvalue weighted by atomic mass is 16.5. The summed E-state index contributed by atoms with van der Waals surface area (Å²) in [6, 6.07) is 5.19. The molecule has 0 aliphatic carbocycles. The van der Waals surface area contributed by atoms with E-state index in [4.69, 9.17) is 9.47 Å². The number of hydrogen-bond acceptors (Lipinski definition) is 4. The van der Waals surface area contributed by atoms with Crippen LogP contribution in [0.3, 0.4) is 0 Å². The monoisotopic (exact) mass is 250 g/mol. The van der Waals surface area contributed by atoms with E-state index in [2.05, 4.69) is 10.6 Å². The van der Waals surface area contributed by atoms with E-state index in [1.54, 1.807) is 32.4 Å². The van der Waals surface area contributed by atoms with Crippen molar-refractivity contribution in [1.29, 1.82) is 0 Å². The van der Waals surface area contributed by atoms with Crippen LogP contribution in [0.4, 0.5) is 0 Å². The molecule has 0 aromatic heterocycles. The Morgan fingerprint density at radius 2 is 2.17 bits per heavy atom. The zero-order chi connectivity index (χ0) is 13.0. The zero-order valence-corrected chi connectivity index (χ0v) is 10.7. The van der Waals surface area contributed by atoms with E-state index in [-0.39, 0.29) is 5.91 Å². The van der Waals surface area contributed by atoms with Gasteiger partial charge in [0, 0.05) is 25.6 Å². The van der Waals surface area contributed by atoms with E-state index >= 15 is 0 Å². The zero-order valence-electron chi connectivity index (χ0n) is 10.7. The molecule has 1 fully saturated rings. The van der Waals surface area contributed by atoms with E-state index < -0.39 is 0 Å². The number of carbonyl (C=O) groups excluding carboxylic acids is 1. The number of benzene rings is 1. The second kappa shape index (κ2) is 5.73. The van der Waals surface area contributed by atoms with Gasteiger partial charge in [0.25, 0.3) is 5.91 Å². The molecule has 0 bridgehead atoms. The molecule has 0 spiro atoms. The predicted molar refractivity (Wildman–Crippen MR) is 68.2 cm³/mol. The summed E-state index contributed by atoms with van der Waals surface area (Å²) in [5, 5.41) is 6.08. The summed E-state index contributed by atoms with van der Waals surface area (Å²) in [4.78, 5) is 12.1. The highest BCUT2D eigenvalue weighted by molar-refractivity contribution is 5.97. The molecule has 1 aliphatic rings. The number of hydrogen-bond donors (Lipinski definition) is 2. The smallest absolute Gasteiger partial charge is 0.255 e. The Balaban J connectivity index is 2.06. The standard InChI is InChI=1S/C13H18N2O3/c1-17-10-3-4-12(18-2)11(5-10)13(16)15-8-9-6-14-7-9/h3-5,9,14H,6-8H2,1-2H3,(H,15,16). The third-order valence-electron chi connectivity index (χ3n) is 3.07. The number of ether oxygens (including phenoxy) is 2. The summed E-state index contributed by atoms with van der Waals surface area (Å²) in [6.45, 7) is 2.62. The van der Waals surface area contributed by atoms with Gasteiger partial charge in [-0.3, -0.25) is 4.79 Å². The Morgan fingerprint density at radius 1 is 1.39 bits per heavy atom. The fourth-order valence-electron chi connectivity index (χ4n) is 1.82. The number of rotatable bonds is 5. The molecule has 2 rings (SSSR count). The van der Waals surface area contributed by atoms with Gasteiger partial charge in [-0.25, -0.2) is 0 Å². The van der Waals surface area contributed by atoms with Gasteiger partial charge in [0.05, 0.1) is 19.8 Å². The number of nitrogens with one attached hydrogen (secondary N) is 2. The van der Waals surface area contributed by atoms with Gasteiger partial charge in [0.1, 0.15) is 11.5 Å². The van der Waals surface area contributed by atoms with Crippen molar-refractivity contribution in [3.8, 4) is 11.5 Å². The van der Waals surface area contributed by atoms with Crippen molar-refractivity contribution in [3.05, 3.63) is 23.8 Å². The Kier molecular flexibility index (Phi) is 4.04. The van der Waals surface area contributed by atoms with E-state index in [9.17, 15) is 4.79 Å². The third-order valence-corrected chi connectivity index (χ3v) is 3.07. The summed E-state index contributed by atoms with van der Waals surface area (Å²) >= 11 is 0. The molecule has 1 heterocycles. The second-order valence-corrected chi connectivity index (χ2v) is 4.30. The fourth-order valence-corrected chi connectivity index (χ4v) is 1.82. The van der Waals surface area contributed by atoms with Crippen LogP contribution in [-0.2, 0) is 0 Å². The van der Waals surface area contributed by atoms with Crippen molar-refractivity contribution >= 4 is 5.91 Å². The molecule has 1 aromatic carbocycles. The summed E-state index contributed by atoms with van der Waals surface area (Å²) < 4.78 is 10.3. The van der Waals surface area contributed by atoms with Crippen LogP contribution in [0.5, 0.6) is 11.5 Å². The molecule has 1 aromatic rings. The summed E-state index contributed by atoms with van der Waals surface area (Å²) in [6.07, 6.45) is 0. The number of methoxy groups -OCH3 is 2. The van der Waals surface area contributed by atoms with Crippen LogP contribution in [-0.4, -0.2) is 39.8 Å². The molecule has 1 amide bonds. The second-order valence-electron chi connectivity index (χ2n) is 4.30. The number of carbonyl (C=O) groups is 1. The SMILES string of the molecule is COc1ccc(OC)c(C(=O)NCC2CNC2)c1. The lowest BCUT2D eigenvalue weighted by Gasteiger charge is -2.27. The van der Waals surface area contributed by atoms with Crippen molar-refractivity contribution in [3.63, 3.8) is 0 Å². The van der Waals surface area contributed by atoms with Gasteiger partial charge in [-0.2, -0.15) is 0 Å². The third kappa shape index (κ3) is 2.73. The first-order valence-corrected chi connectivity index (χ1v) is 5.95. The van der Waals surface area contributed by atoms with Crippen LogP contribution >= 0.6 is 0 Å². The van der Waals surface area contributed by atoms with Crippen LogP contribution in [0.2, 0.25) is 0 Å². The highest BCUT2D eigenvalue weighted by Crippen LogP contribution is 2.23. The van der Waals surface area contributed by atoms with Gasteiger partial charge in [-0.05, 0) is 18.2 Å². The largest absolute Gasteiger partial charge is 0.497 e. The van der Waals surface area contributed by atoms with Crippen LogP contribution in [0.1, 0.15) is 10.4 Å². The molecule has 5 heteroatoms. The Hall–Kier alpha value is -1.75. The van der Waals surface area contributed by atoms with Crippen molar-refractivity contribution < 1.29 is 14.3 Å². The van der Waals surface area contributed by atoms with Crippen LogP contribution in [0.15, 0.2) is 18.2 Å². The van der Waals surface area contributed by atoms with Crippen molar-refractivity contribution in [2.24, 2.45) is 5.92 Å². The maximum absolute atomic E-state index is 12.1. The lowest BCUT2D eigenvalue weighted by atomic mass is 10.0. The summed E-state index contributed by atoms with van der Waals surface area (Å²) in [7, 11) is 3.12. The van der Waals surface area contributed by atoms with Gasteiger partial charge in [-0.1, -0.05) is 0 Å². The van der Waals surface area contributed by atoms with Crippen LogP contribution in [0.25, 0.3) is 0 Å². The molecule has 2 N–H and O–H groups in total. The minimum atomic E-state index is -0.127. The van der Waals surface area contributed by atoms with Crippen molar-refractivity contribution in [2.75, 3.05) is 33.9 Å². The lowest BCUT2D eigenvalue weighted by molar-refractivity contribution is 0.0939. The maximum atomic E-state index is 12.1. The van der Waals surface area contributed by atoms with Crippen LogP contribution in [0, 0.1) is 5.92 Å². The van der Waals surface area contributed by atoms with E-state index in [0.717, 1.165) is 13.1 Å². The molecule has 18 heavy (non-hydrogen) atoms. The molecular weight excluding hydrogens is 232 g/mol. The van der Waals surface area contributed by atoms with Crippen molar-refractivity contribution in [1.82, 2.24) is 10.6 Å². The Morgan fingerprint density at radius 3 is 2.72 bits per heavy atom.